The summed E-state index contributed by atoms with van der Waals surface area (Å²) in [5, 5.41) is 3.42. The molecule has 1 aromatic carbocycles. The predicted octanol–water partition coefficient (Wildman–Crippen LogP) is 2.52. The molecule has 0 amide bonds. The van der Waals surface area contributed by atoms with Crippen molar-refractivity contribution in [2.45, 2.75) is 38.8 Å². The normalized spacial score (nSPS) is 26.8. The van der Waals surface area contributed by atoms with Crippen LogP contribution in [0.1, 0.15) is 47.4 Å². The minimum Gasteiger partial charge on any atom is -0.311 e. The van der Waals surface area contributed by atoms with Crippen LogP contribution in [0.2, 0.25) is 0 Å². The number of carbonyl (C=O) groups excluding carboxylic acids is 2. The largest absolute Gasteiger partial charge is 0.311 e. The lowest BCUT2D eigenvalue weighted by atomic mass is 9.81. The third-order valence-electron chi connectivity index (χ3n) is 3.92. The molecular weight excluding hydrogens is 238 g/mol. The van der Waals surface area contributed by atoms with Crippen molar-refractivity contribution in [3.05, 3.63) is 46.5 Å². The summed E-state index contributed by atoms with van der Waals surface area (Å²) >= 11 is 0. The van der Waals surface area contributed by atoms with Gasteiger partial charge in [-0.25, -0.2) is 0 Å². The van der Waals surface area contributed by atoms with E-state index >= 15 is 0 Å². The molecular formula is C16H17NO2. The number of hydrogen-bond acceptors (Lipinski definition) is 3. The molecule has 1 aromatic rings. The molecule has 2 aliphatic rings. The van der Waals surface area contributed by atoms with Crippen LogP contribution in [0.3, 0.4) is 0 Å². The van der Waals surface area contributed by atoms with Gasteiger partial charge in [0.15, 0.2) is 11.6 Å². The van der Waals surface area contributed by atoms with Crippen LogP contribution in [0, 0.1) is 0 Å². The Kier molecular flexibility index (Phi) is 2.86. The van der Waals surface area contributed by atoms with Gasteiger partial charge in [-0.2, -0.15) is 0 Å². The van der Waals surface area contributed by atoms with Crippen molar-refractivity contribution < 1.29 is 9.59 Å². The predicted molar refractivity (Wildman–Crippen MR) is 73.4 cm³/mol. The van der Waals surface area contributed by atoms with Gasteiger partial charge in [0.2, 0.25) is 0 Å². The number of ketones is 2. The van der Waals surface area contributed by atoms with Gasteiger partial charge < -0.3 is 5.32 Å². The highest BCUT2D eigenvalue weighted by molar-refractivity contribution is 6.27. The molecule has 98 valence electrons. The highest BCUT2D eigenvalue weighted by atomic mass is 16.1. The van der Waals surface area contributed by atoms with Crippen LogP contribution < -0.4 is 5.32 Å². The molecule has 2 atom stereocenters. The monoisotopic (exact) mass is 255 g/mol. The molecule has 2 unspecified atom stereocenters. The lowest BCUT2D eigenvalue weighted by molar-refractivity contribution is 0.0969. The number of rotatable bonds is 0. The molecule has 0 aromatic heterocycles. The molecule has 0 radical (unpaired) electrons. The Labute approximate surface area is 112 Å². The average Bonchev–Trinajstić information content (AvgIpc) is 2.54. The van der Waals surface area contributed by atoms with Gasteiger partial charge >= 0.3 is 0 Å². The maximum absolute atomic E-state index is 12.6. The van der Waals surface area contributed by atoms with E-state index in [9.17, 15) is 9.59 Å². The first-order valence-electron chi connectivity index (χ1n) is 6.74. The average molecular weight is 255 g/mol. The standard InChI is InChI=1S/C16H17NO2/c1-9-7-13-14(8-10(2)17-9)16(19)12-6-4-3-5-11(12)15(13)18/h3-6,9-10,17H,7-8H2,1-2H3. The number of benzene rings is 1. The summed E-state index contributed by atoms with van der Waals surface area (Å²) in [6.45, 7) is 4.12. The Morgan fingerprint density at radius 1 is 0.895 bits per heavy atom. The second-order valence-corrected chi connectivity index (χ2v) is 5.54. The summed E-state index contributed by atoms with van der Waals surface area (Å²) in [4.78, 5) is 25.1. The number of nitrogens with one attached hydrogen (secondary N) is 1. The zero-order valence-electron chi connectivity index (χ0n) is 11.2. The molecule has 0 spiro atoms. The molecule has 3 heteroatoms. The van der Waals surface area contributed by atoms with E-state index in [1.807, 2.05) is 12.1 Å². The van der Waals surface area contributed by atoms with Crippen LogP contribution in [-0.2, 0) is 0 Å². The van der Waals surface area contributed by atoms with Gasteiger partial charge in [-0.05, 0) is 26.7 Å². The van der Waals surface area contributed by atoms with E-state index < -0.39 is 0 Å². The van der Waals surface area contributed by atoms with E-state index in [0.29, 0.717) is 35.1 Å². The number of hydrogen-bond donors (Lipinski definition) is 1. The number of Topliss-reactive ketones (excluding diaryl/α,β-unsaturated/α-hetero) is 2. The quantitative estimate of drug-likeness (QED) is 0.775. The maximum Gasteiger partial charge on any atom is 0.190 e. The highest BCUT2D eigenvalue weighted by Crippen LogP contribution is 2.32. The van der Waals surface area contributed by atoms with Crippen molar-refractivity contribution in [3.8, 4) is 0 Å². The van der Waals surface area contributed by atoms with E-state index in [1.165, 1.54) is 0 Å². The lowest BCUT2D eigenvalue weighted by Crippen LogP contribution is -2.33. The third kappa shape index (κ3) is 1.94. The van der Waals surface area contributed by atoms with Crippen molar-refractivity contribution in [3.63, 3.8) is 0 Å². The van der Waals surface area contributed by atoms with Crippen LogP contribution in [-0.4, -0.2) is 23.7 Å². The molecule has 3 rings (SSSR count). The fourth-order valence-electron chi connectivity index (χ4n) is 3.13. The second kappa shape index (κ2) is 4.42. The fraction of sp³-hybridized carbons (Fsp3) is 0.375. The smallest absolute Gasteiger partial charge is 0.190 e. The Hall–Kier alpha value is -1.74. The van der Waals surface area contributed by atoms with Gasteiger partial charge in [-0.15, -0.1) is 0 Å². The first-order valence-corrected chi connectivity index (χ1v) is 6.74. The summed E-state index contributed by atoms with van der Waals surface area (Å²) in [7, 11) is 0. The molecule has 0 saturated carbocycles. The summed E-state index contributed by atoms with van der Waals surface area (Å²) in [5.41, 5.74) is 2.56. The van der Waals surface area contributed by atoms with Crippen LogP contribution in [0.15, 0.2) is 35.4 Å². The van der Waals surface area contributed by atoms with E-state index in [0.717, 1.165) is 0 Å². The first-order chi connectivity index (χ1) is 9.08. The second-order valence-electron chi connectivity index (χ2n) is 5.54. The van der Waals surface area contributed by atoms with E-state index in [4.69, 9.17) is 0 Å². The molecule has 0 fully saturated rings. The first kappa shape index (κ1) is 12.3. The van der Waals surface area contributed by atoms with Gasteiger partial charge in [0.05, 0.1) is 0 Å². The summed E-state index contributed by atoms with van der Waals surface area (Å²) < 4.78 is 0. The van der Waals surface area contributed by atoms with Crippen molar-refractivity contribution in [1.82, 2.24) is 5.32 Å². The summed E-state index contributed by atoms with van der Waals surface area (Å²) in [6, 6.07) is 7.60. The van der Waals surface area contributed by atoms with Crippen molar-refractivity contribution in [1.29, 1.82) is 0 Å². The van der Waals surface area contributed by atoms with Crippen LogP contribution in [0.4, 0.5) is 0 Å². The molecule has 0 saturated heterocycles. The Morgan fingerprint density at radius 3 is 1.74 bits per heavy atom. The van der Waals surface area contributed by atoms with Crippen molar-refractivity contribution >= 4 is 11.6 Å². The minimum absolute atomic E-state index is 0.0351. The molecule has 1 heterocycles. The lowest BCUT2D eigenvalue weighted by Gasteiger charge is -2.20. The molecule has 1 aliphatic heterocycles. The Morgan fingerprint density at radius 2 is 1.32 bits per heavy atom. The van der Waals surface area contributed by atoms with E-state index in [1.54, 1.807) is 12.1 Å². The van der Waals surface area contributed by atoms with Crippen molar-refractivity contribution in [2.24, 2.45) is 0 Å². The topological polar surface area (TPSA) is 46.2 Å². The van der Waals surface area contributed by atoms with Crippen LogP contribution in [0.5, 0.6) is 0 Å². The number of carbonyl (C=O) groups is 2. The fourth-order valence-corrected chi connectivity index (χ4v) is 3.13. The SMILES string of the molecule is CC1CC2=C(CC(C)N1)C(=O)c1ccccc1C2=O. The Balaban J connectivity index is 2.15. The molecule has 1 aliphatic carbocycles. The molecule has 1 N–H and O–H groups in total. The summed E-state index contributed by atoms with van der Waals surface area (Å²) in [5.74, 6) is 0.0703. The van der Waals surface area contributed by atoms with Crippen LogP contribution in [0.25, 0.3) is 0 Å². The zero-order chi connectivity index (χ0) is 13.6. The third-order valence-corrected chi connectivity index (χ3v) is 3.92. The van der Waals surface area contributed by atoms with Gasteiger partial charge in [0.25, 0.3) is 0 Å². The molecule has 3 nitrogen and oxygen atoms in total. The van der Waals surface area contributed by atoms with Crippen LogP contribution >= 0.6 is 0 Å². The zero-order valence-corrected chi connectivity index (χ0v) is 11.2. The summed E-state index contributed by atoms with van der Waals surface area (Å²) in [6.07, 6.45) is 1.27. The number of fused-ring (bicyclic) bond motifs is 1. The molecule has 19 heavy (non-hydrogen) atoms. The van der Waals surface area contributed by atoms with Gasteiger partial charge in [0, 0.05) is 34.4 Å². The van der Waals surface area contributed by atoms with Gasteiger partial charge in [0.1, 0.15) is 0 Å². The minimum atomic E-state index is 0.0351. The van der Waals surface area contributed by atoms with Gasteiger partial charge in [-0.1, -0.05) is 24.3 Å². The maximum atomic E-state index is 12.6. The van der Waals surface area contributed by atoms with E-state index in [2.05, 4.69) is 19.2 Å². The highest BCUT2D eigenvalue weighted by Gasteiger charge is 2.34. The van der Waals surface area contributed by atoms with Gasteiger partial charge in [-0.3, -0.25) is 9.59 Å². The van der Waals surface area contributed by atoms with Crippen molar-refractivity contribution in [2.75, 3.05) is 0 Å². The Bertz CT molecular complexity index is 550. The molecule has 0 bridgehead atoms. The van der Waals surface area contributed by atoms with E-state index in [-0.39, 0.29) is 23.7 Å².